The van der Waals surface area contributed by atoms with Gasteiger partial charge < -0.3 is 20.7 Å². The molecule has 3 N–H and O–H groups in total. The number of rotatable bonds is 10. The van der Waals surface area contributed by atoms with Crippen molar-refractivity contribution in [3.8, 4) is 0 Å². The predicted octanol–water partition coefficient (Wildman–Crippen LogP) is 2.84. The number of amides is 3. The zero-order valence-corrected chi connectivity index (χ0v) is 17.4. The molecule has 2 aromatic rings. The van der Waals surface area contributed by atoms with E-state index in [1.54, 1.807) is 4.90 Å². The molecular formula is C23H29N3O4. The number of hydrogen-bond donors (Lipinski definition) is 2. The molecule has 2 rings (SSSR count). The van der Waals surface area contributed by atoms with Gasteiger partial charge in [-0.1, -0.05) is 74.5 Å². The summed E-state index contributed by atoms with van der Waals surface area (Å²) in [5, 5.41) is 2.38. The van der Waals surface area contributed by atoms with E-state index < -0.39 is 24.6 Å². The lowest BCUT2D eigenvalue weighted by molar-refractivity contribution is -0.154. The van der Waals surface area contributed by atoms with Gasteiger partial charge in [-0.3, -0.25) is 4.79 Å². The average molecular weight is 412 g/mol. The Hall–Kier alpha value is -3.35. The van der Waals surface area contributed by atoms with Gasteiger partial charge in [-0.05, 0) is 23.5 Å². The first-order chi connectivity index (χ1) is 14.3. The molecule has 1 atom stereocenters. The normalized spacial score (nSPS) is 11.6. The highest BCUT2D eigenvalue weighted by Crippen LogP contribution is 2.12. The smallest absolute Gasteiger partial charge is 0.329 e. The van der Waals surface area contributed by atoms with Gasteiger partial charge >= 0.3 is 12.0 Å². The molecule has 0 heterocycles. The maximum Gasteiger partial charge on any atom is 0.329 e. The second-order valence-electron chi connectivity index (χ2n) is 7.52. The number of nitrogens with zero attached hydrogens (tertiary/aromatic N) is 1. The van der Waals surface area contributed by atoms with Gasteiger partial charge in [0.05, 0.1) is 0 Å². The Balaban J connectivity index is 2.05. The number of ether oxygens (including phenoxy) is 1. The first kappa shape index (κ1) is 22.9. The Morgan fingerprint density at radius 2 is 1.43 bits per heavy atom. The first-order valence-electron chi connectivity index (χ1n) is 9.93. The lowest BCUT2D eigenvalue weighted by atomic mass is 10.0. The number of esters is 1. The van der Waals surface area contributed by atoms with Crippen molar-refractivity contribution in [3.63, 3.8) is 0 Å². The number of nitrogens with one attached hydrogen (secondary N) is 1. The molecule has 7 heteroatoms. The minimum Gasteiger partial charge on any atom is -0.454 e. The third-order valence-electron chi connectivity index (χ3n) is 4.43. The van der Waals surface area contributed by atoms with Crippen LogP contribution in [0.3, 0.4) is 0 Å². The number of carbonyl (C=O) groups is 3. The molecule has 30 heavy (non-hydrogen) atoms. The molecule has 0 aliphatic rings. The summed E-state index contributed by atoms with van der Waals surface area (Å²) in [5.41, 5.74) is 7.10. The number of carbonyl (C=O) groups excluding carboxylic acids is 3. The van der Waals surface area contributed by atoms with Crippen LogP contribution >= 0.6 is 0 Å². The fraction of sp³-hybridized carbons (Fsp3) is 0.348. The van der Waals surface area contributed by atoms with Gasteiger partial charge in [0.15, 0.2) is 6.61 Å². The van der Waals surface area contributed by atoms with Gasteiger partial charge in [-0.25, -0.2) is 9.59 Å². The van der Waals surface area contributed by atoms with Crippen molar-refractivity contribution < 1.29 is 19.1 Å². The summed E-state index contributed by atoms with van der Waals surface area (Å²) in [4.78, 5) is 38.1. The number of primary amides is 1. The molecular weight excluding hydrogens is 382 g/mol. The standard InChI is InChI=1S/C23H29N3O4/c1-17(2)13-20(25-23(24)29)22(28)30-16-21(27)26(14-18-9-5-3-6-10-18)15-19-11-7-4-8-12-19/h3-12,17,20H,13-16H2,1-2H3,(H3,24,25,29)/t20-/m0/s1. The number of benzene rings is 2. The molecule has 0 radical (unpaired) electrons. The third kappa shape index (κ3) is 7.95. The average Bonchev–Trinajstić information content (AvgIpc) is 2.71. The minimum absolute atomic E-state index is 0.137. The number of urea groups is 1. The predicted molar refractivity (Wildman–Crippen MR) is 114 cm³/mol. The monoisotopic (exact) mass is 411 g/mol. The van der Waals surface area contributed by atoms with Crippen LogP contribution in [0.4, 0.5) is 4.79 Å². The number of hydrogen-bond acceptors (Lipinski definition) is 4. The molecule has 0 spiro atoms. The van der Waals surface area contributed by atoms with Crippen LogP contribution in [0.1, 0.15) is 31.4 Å². The van der Waals surface area contributed by atoms with Crippen molar-refractivity contribution in [1.29, 1.82) is 0 Å². The fourth-order valence-corrected chi connectivity index (χ4v) is 3.02. The van der Waals surface area contributed by atoms with Gasteiger partial charge in [0, 0.05) is 13.1 Å². The summed E-state index contributed by atoms with van der Waals surface area (Å²) >= 11 is 0. The van der Waals surface area contributed by atoms with E-state index in [1.807, 2.05) is 74.5 Å². The quantitative estimate of drug-likeness (QED) is 0.587. The molecule has 160 valence electrons. The fourth-order valence-electron chi connectivity index (χ4n) is 3.02. The molecule has 0 saturated heterocycles. The molecule has 3 amide bonds. The van der Waals surface area contributed by atoms with E-state index >= 15 is 0 Å². The summed E-state index contributed by atoms with van der Waals surface area (Å²) in [6.45, 7) is 4.20. The van der Waals surface area contributed by atoms with E-state index in [2.05, 4.69) is 5.32 Å². The SMILES string of the molecule is CC(C)C[C@H](NC(N)=O)C(=O)OCC(=O)N(Cc1ccccc1)Cc1ccccc1. The van der Waals surface area contributed by atoms with Crippen LogP contribution in [0.15, 0.2) is 60.7 Å². The Morgan fingerprint density at radius 3 is 1.87 bits per heavy atom. The van der Waals surface area contributed by atoms with Crippen molar-refractivity contribution >= 4 is 17.9 Å². The van der Waals surface area contributed by atoms with Crippen LogP contribution in [0.5, 0.6) is 0 Å². The molecule has 0 fully saturated rings. The Morgan fingerprint density at radius 1 is 0.933 bits per heavy atom. The minimum atomic E-state index is -0.882. The van der Waals surface area contributed by atoms with Crippen LogP contribution in [-0.2, 0) is 27.4 Å². The summed E-state index contributed by atoms with van der Waals surface area (Å²) < 4.78 is 5.22. The largest absolute Gasteiger partial charge is 0.454 e. The second-order valence-corrected chi connectivity index (χ2v) is 7.52. The van der Waals surface area contributed by atoms with E-state index in [0.29, 0.717) is 19.5 Å². The van der Waals surface area contributed by atoms with Gasteiger partial charge in [-0.15, -0.1) is 0 Å². The molecule has 0 unspecified atom stereocenters. The Labute approximate surface area is 177 Å². The maximum atomic E-state index is 12.9. The highest BCUT2D eigenvalue weighted by Gasteiger charge is 2.24. The van der Waals surface area contributed by atoms with E-state index in [4.69, 9.17) is 10.5 Å². The van der Waals surface area contributed by atoms with Crippen molar-refractivity contribution in [3.05, 3.63) is 71.8 Å². The summed E-state index contributed by atoms with van der Waals surface area (Å²) in [6.07, 6.45) is 0.369. The summed E-state index contributed by atoms with van der Waals surface area (Å²) in [5.74, 6) is -0.855. The zero-order chi connectivity index (χ0) is 21.9. The van der Waals surface area contributed by atoms with E-state index in [-0.39, 0.29) is 11.8 Å². The van der Waals surface area contributed by atoms with Crippen molar-refractivity contribution in [2.45, 2.75) is 39.4 Å². The number of nitrogens with two attached hydrogens (primary N) is 1. The van der Waals surface area contributed by atoms with Crippen molar-refractivity contribution in [1.82, 2.24) is 10.2 Å². The maximum absolute atomic E-state index is 12.9. The Bertz CT molecular complexity index is 783. The van der Waals surface area contributed by atoms with Crippen LogP contribution in [0, 0.1) is 5.92 Å². The molecule has 0 saturated carbocycles. The zero-order valence-electron chi connectivity index (χ0n) is 17.4. The van der Waals surface area contributed by atoms with Gasteiger partial charge in [0.2, 0.25) is 0 Å². The topological polar surface area (TPSA) is 102 Å². The van der Waals surface area contributed by atoms with Gasteiger partial charge in [0.1, 0.15) is 6.04 Å². The highest BCUT2D eigenvalue weighted by atomic mass is 16.5. The van der Waals surface area contributed by atoms with E-state index in [1.165, 1.54) is 0 Å². The molecule has 0 aliphatic carbocycles. The Kier molecular flexibility index (Phi) is 8.87. The lowest BCUT2D eigenvalue weighted by Crippen LogP contribution is -2.46. The third-order valence-corrected chi connectivity index (χ3v) is 4.43. The van der Waals surface area contributed by atoms with Crippen LogP contribution in [0.2, 0.25) is 0 Å². The van der Waals surface area contributed by atoms with Crippen LogP contribution < -0.4 is 11.1 Å². The molecule has 0 aliphatic heterocycles. The molecule has 2 aromatic carbocycles. The second kappa shape index (κ2) is 11.6. The molecule has 0 bridgehead atoms. The van der Waals surface area contributed by atoms with Crippen LogP contribution in [0.25, 0.3) is 0 Å². The van der Waals surface area contributed by atoms with Gasteiger partial charge in [0.25, 0.3) is 5.91 Å². The summed E-state index contributed by atoms with van der Waals surface area (Å²) in [7, 11) is 0. The van der Waals surface area contributed by atoms with E-state index in [0.717, 1.165) is 11.1 Å². The molecule has 0 aromatic heterocycles. The lowest BCUT2D eigenvalue weighted by Gasteiger charge is -2.24. The van der Waals surface area contributed by atoms with Crippen molar-refractivity contribution in [2.24, 2.45) is 11.7 Å². The molecule has 7 nitrogen and oxygen atoms in total. The summed E-state index contributed by atoms with van der Waals surface area (Å²) in [6, 6.07) is 17.5. The van der Waals surface area contributed by atoms with Crippen molar-refractivity contribution in [2.75, 3.05) is 6.61 Å². The van der Waals surface area contributed by atoms with Gasteiger partial charge in [-0.2, -0.15) is 0 Å². The van der Waals surface area contributed by atoms with E-state index in [9.17, 15) is 14.4 Å². The van der Waals surface area contributed by atoms with Crippen LogP contribution in [-0.4, -0.2) is 35.5 Å². The first-order valence-corrected chi connectivity index (χ1v) is 9.93. The highest BCUT2D eigenvalue weighted by molar-refractivity contribution is 5.85.